The van der Waals surface area contributed by atoms with E-state index in [1.807, 2.05) is 0 Å². The third-order valence-electron chi connectivity index (χ3n) is 4.94. The van der Waals surface area contributed by atoms with Crippen molar-refractivity contribution in [3.05, 3.63) is 79.9 Å². The van der Waals surface area contributed by atoms with Gasteiger partial charge in [0.25, 0.3) is 0 Å². The van der Waals surface area contributed by atoms with Crippen molar-refractivity contribution < 1.29 is 28.9 Å². The summed E-state index contributed by atoms with van der Waals surface area (Å²) in [6.07, 6.45) is 2.85. The number of carboxylic acid groups (broad SMARTS) is 1. The van der Waals surface area contributed by atoms with Crippen molar-refractivity contribution in [2.75, 3.05) is 6.61 Å². The molecule has 0 saturated heterocycles. The predicted octanol–water partition coefficient (Wildman–Crippen LogP) is 3.86. The van der Waals surface area contributed by atoms with Crippen LogP contribution in [0.4, 0.5) is 4.39 Å². The second kappa shape index (κ2) is 9.77. The fraction of sp³-hybridized carbons (Fsp3) is 0.182. The summed E-state index contributed by atoms with van der Waals surface area (Å²) >= 11 is 4.67. The van der Waals surface area contributed by atoms with Crippen LogP contribution in [0.1, 0.15) is 34.0 Å². The maximum absolute atomic E-state index is 13.8. The van der Waals surface area contributed by atoms with Crippen LogP contribution in [0.3, 0.4) is 0 Å². The first-order valence-corrected chi connectivity index (χ1v) is 11.7. The number of allylic oxidation sites excluding steroid dienone is 1. The molecule has 0 aliphatic carbocycles. The van der Waals surface area contributed by atoms with Crippen LogP contribution in [0.5, 0.6) is 5.75 Å². The number of aromatic hydroxyl groups is 1. The van der Waals surface area contributed by atoms with Crippen LogP contribution in [0.2, 0.25) is 0 Å². The summed E-state index contributed by atoms with van der Waals surface area (Å²) < 4.78 is 20.8. The van der Waals surface area contributed by atoms with Crippen LogP contribution < -0.4 is 5.32 Å². The van der Waals surface area contributed by atoms with Crippen LogP contribution in [0, 0.1) is 5.82 Å². The quantitative estimate of drug-likeness (QED) is 0.382. The minimum Gasteiger partial charge on any atom is -0.506 e. The topological polar surface area (TPSA) is 126 Å². The van der Waals surface area contributed by atoms with E-state index >= 15 is 0 Å². The summed E-state index contributed by atoms with van der Waals surface area (Å²) in [5, 5.41) is 24.8. The molecule has 0 amide bonds. The summed E-state index contributed by atoms with van der Waals surface area (Å²) in [5.41, 5.74) is 0.760. The van der Waals surface area contributed by atoms with E-state index in [4.69, 9.17) is 9.73 Å². The number of carboxylic acids is 1. The molecule has 1 atom stereocenters. The number of esters is 1. The van der Waals surface area contributed by atoms with Gasteiger partial charge in [-0.2, -0.15) is 0 Å². The lowest BCUT2D eigenvalue weighted by Crippen LogP contribution is -2.36. The van der Waals surface area contributed by atoms with Crippen molar-refractivity contribution in [2.45, 2.75) is 19.5 Å². The molecule has 0 fully saturated rings. The lowest BCUT2D eigenvalue weighted by atomic mass is 9.95. The SMILES string of the molecule is CCOC(=O)C1=C(Cn2cc(O)cc2C(=O)O)NC(c2nccs2)=NC1c1ccc(F)cc1Br. The molecule has 1 unspecified atom stereocenters. The van der Waals surface area contributed by atoms with Gasteiger partial charge in [0.1, 0.15) is 23.3 Å². The summed E-state index contributed by atoms with van der Waals surface area (Å²) in [5.74, 6) is -2.27. The fourth-order valence-electron chi connectivity index (χ4n) is 3.54. The highest BCUT2D eigenvalue weighted by Gasteiger charge is 2.34. The number of amidine groups is 1. The Balaban J connectivity index is 1.91. The van der Waals surface area contributed by atoms with Gasteiger partial charge in [0.2, 0.25) is 0 Å². The Bertz CT molecular complexity index is 1320. The van der Waals surface area contributed by atoms with Gasteiger partial charge in [0, 0.05) is 34.0 Å². The zero-order chi connectivity index (χ0) is 24.4. The molecule has 0 bridgehead atoms. The maximum atomic E-state index is 13.8. The van der Waals surface area contributed by atoms with Crippen molar-refractivity contribution >= 4 is 45.0 Å². The van der Waals surface area contributed by atoms with E-state index in [0.717, 1.165) is 6.07 Å². The zero-order valence-electron chi connectivity index (χ0n) is 17.7. The van der Waals surface area contributed by atoms with Crippen molar-refractivity contribution in [3.8, 4) is 5.75 Å². The Labute approximate surface area is 205 Å². The van der Waals surface area contributed by atoms with E-state index in [0.29, 0.717) is 26.6 Å². The van der Waals surface area contributed by atoms with E-state index in [2.05, 4.69) is 26.2 Å². The van der Waals surface area contributed by atoms with Gasteiger partial charge in [0.15, 0.2) is 10.8 Å². The average Bonchev–Trinajstić information content (AvgIpc) is 3.43. The standard InChI is InChI=1S/C22H18BrFN4O5S/c1-2-33-22(32)17-15(10-28-9-12(29)8-16(28)21(30)31)26-19(20-25-5-6-34-20)27-18(17)13-4-3-11(24)7-14(13)23/h3-9,18,29H,2,10H2,1H3,(H,26,27)(H,30,31). The molecule has 1 aromatic carbocycles. The third kappa shape index (κ3) is 4.73. The maximum Gasteiger partial charge on any atom is 0.352 e. The molecule has 0 radical (unpaired) electrons. The zero-order valence-corrected chi connectivity index (χ0v) is 20.1. The van der Waals surface area contributed by atoms with Crippen molar-refractivity contribution in [2.24, 2.45) is 4.99 Å². The molecule has 12 heteroatoms. The molecule has 4 rings (SSSR count). The van der Waals surface area contributed by atoms with Gasteiger partial charge in [0.05, 0.1) is 18.7 Å². The van der Waals surface area contributed by atoms with E-state index < -0.39 is 23.8 Å². The number of aromatic carboxylic acids is 1. The average molecular weight is 549 g/mol. The number of nitrogens with zero attached hydrogens (tertiary/aromatic N) is 3. The summed E-state index contributed by atoms with van der Waals surface area (Å²) in [6, 6.07) is 4.25. The molecule has 176 valence electrons. The second-order valence-electron chi connectivity index (χ2n) is 7.14. The molecule has 3 aromatic rings. The van der Waals surface area contributed by atoms with Gasteiger partial charge in [-0.15, -0.1) is 11.3 Å². The number of hydrogen-bond donors (Lipinski definition) is 3. The molecule has 3 heterocycles. The number of halogens is 2. The first-order chi connectivity index (χ1) is 16.3. The summed E-state index contributed by atoms with van der Waals surface area (Å²) in [7, 11) is 0. The van der Waals surface area contributed by atoms with E-state index in [9.17, 15) is 24.2 Å². The third-order valence-corrected chi connectivity index (χ3v) is 6.41. The predicted molar refractivity (Wildman–Crippen MR) is 125 cm³/mol. The first kappa shape index (κ1) is 23.6. The van der Waals surface area contributed by atoms with Crippen LogP contribution in [-0.4, -0.2) is 44.1 Å². The molecule has 0 saturated carbocycles. The van der Waals surface area contributed by atoms with Crippen LogP contribution in [-0.2, 0) is 16.1 Å². The second-order valence-corrected chi connectivity index (χ2v) is 8.89. The number of aliphatic imine (C=N–C) groups is 1. The summed E-state index contributed by atoms with van der Waals surface area (Å²) in [4.78, 5) is 33.8. The Kier molecular flexibility index (Phi) is 6.80. The Morgan fingerprint density at radius 1 is 1.35 bits per heavy atom. The molecule has 1 aliphatic heterocycles. The molecule has 3 N–H and O–H groups in total. The molecule has 0 spiro atoms. The van der Waals surface area contributed by atoms with E-state index in [1.165, 1.54) is 40.3 Å². The molecular formula is C22H18BrFN4O5S. The lowest BCUT2D eigenvalue weighted by molar-refractivity contribution is -0.139. The molecule has 1 aliphatic rings. The first-order valence-electron chi connectivity index (χ1n) is 10.0. The van der Waals surface area contributed by atoms with Crippen molar-refractivity contribution in [1.82, 2.24) is 14.9 Å². The van der Waals surface area contributed by atoms with Gasteiger partial charge in [-0.1, -0.05) is 22.0 Å². The number of ether oxygens (including phenoxy) is 1. The number of hydrogen-bond acceptors (Lipinski definition) is 8. The normalized spacial score (nSPS) is 15.6. The molecule has 9 nitrogen and oxygen atoms in total. The van der Waals surface area contributed by atoms with Crippen molar-refractivity contribution in [1.29, 1.82) is 0 Å². The highest BCUT2D eigenvalue weighted by molar-refractivity contribution is 9.10. The monoisotopic (exact) mass is 548 g/mol. The van der Waals surface area contributed by atoms with Gasteiger partial charge in [-0.3, -0.25) is 4.99 Å². The number of nitrogens with one attached hydrogen (secondary N) is 1. The Hall–Kier alpha value is -3.51. The number of benzene rings is 1. The highest BCUT2D eigenvalue weighted by Crippen LogP contribution is 2.37. The van der Waals surface area contributed by atoms with Gasteiger partial charge < -0.3 is 24.8 Å². The van der Waals surface area contributed by atoms with Crippen LogP contribution in [0.25, 0.3) is 0 Å². The van der Waals surface area contributed by atoms with Crippen molar-refractivity contribution in [3.63, 3.8) is 0 Å². The van der Waals surface area contributed by atoms with Gasteiger partial charge in [-0.25, -0.2) is 19.0 Å². The van der Waals surface area contributed by atoms with E-state index in [1.54, 1.807) is 18.5 Å². The fourth-order valence-corrected chi connectivity index (χ4v) is 4.70. The number of carbonyl (C=O) groups is 2. The summed E-state index contributed by atoms with van der Waals surface area (Å²) in [6.45, 7) is 1.64. The number of carbonyl (C=O) groups excluding carboxylic acids is 1. The number of aromatic nitrogens is 2. The Morgan fingerprint density at radius 3 is 2.79 bits per heavy atom. The van der Waals surface area contributed by atoms with Gasteiger partial charge in [-0.05, 0) is 24.6 Å². The lowest BCUT2D eigenvalue weighted by Gasteiger charge is -2.28. The van der Waals surface area contributed by atoms with Crippen LogP contribution in [0.15, 0.2) is 62.8 Å². The largest absolute Gasteiger partial charge is 0.506 e. The molecular weight excluding hydrogens is 531 g/mol. The number of thiazole rings is 1. The van der Waals surface area contributed by atoms with Crippen LogP contribution >= 0.6 is 27.3 Å². The minimum atomic E-state index is -1.25. The minimum absolute atomic E-state index is 0.0979. The molecule has 2 aromatic heterocycles. The molecule has 34 heavy (non-hydrogen) atoms. The smallest absolute Gasteiger partial charge is 0.352 e. The number of rotatable bonds is 7. The van der Waals surface area contributed by atoms with Gasteiger partial charge >= 0.3 is 11.9 Å². The highest BCUT2D eigenvalue weighted by atomic mass is 79.9. The van der Waals surface area contributed by atoms with E-state index in [-0.39, 0.29) is 30.2 Å². The Morgan fingerprint density at radius 2 is 2.15 bits per heavy atom.